The Hall–Kier alpha value is -1.78. The summed E-state index contributed by atoms with van der Waals surface area (Å²) < 4.78 is 2.05. The minimum absolute atomic E-state index is 0.795. The third-order valence-corrected chi connectivity index (χ3v) is 4.33. The molecule has 2 aromatic rings. The molecule has 5 heteroatoms. The molecule has 1 N–H and O–H groups in total. The van der Waals surface area contributed by atoms with Crippen molar-refractivity contribution in [3.63, 3.8) is 0 Å². The number of nitrogens with one attached hydrogen (secondary N) is 1. The number of aromatic nitrogens is 3. The molecule has 21 heavy (non-hydrogen) atoms. The predicted molar refractivity (Wildman–Crippen MR) is 87.0 cm³/mol. The second-order valence-electron chi connectivity index (χ2n) is 6.02. The first-order valence-corrected chi connectivity index (χ1v) is 8.06. The van der Waals surface area contributed by atoms with Crippen LogP contribution in [0.5, 0.6) is 0 Å². The van der Waals surface area contributed by atoms with Gasteiger partial charge >= 0.3 is 0 Å². The minimum Gasteiger partial charge on any atom is -0.369 e. The van der Waals surface area contributed by atoms with Crippen molar-refractivity contribution in [2.45, 2.75) is 39.0 Å². The van der Waals surface area contributed by atoms with E-state index in [-0.39, 0.29) is 0 Å². The van der Waals surface area contributed by atoms with Crippen LogP contribution in [0.1, 0.15) is 39.0 Å². The van der Waals surface area contributed by atoms with E-state index in [2.05, 4.69) is 33.6 Å². The number of hydrogen-bond acceptors (Lipinski definition) is 4. The lowest BCUT2D eigenvalue weighted by molar-refractivity contribution is 0.362. The molecule has 1 aliphatic carbocycles. The number of nitrogens with zero attached hydrogens (tertiary/aromatic N) is 4. The van der Waals surface area contributed by atoms with E-state index in [1.807, 2.05) is 18.6 Å². The van der Waals surface area contributed by atoms with E-state index in [0.29, 0.717) is 0 Å². The van der Waals surface area contributed by atoms with Crippen molar-refractivity contribution in [3.8, 4) is 0 Å². The Labute approximate surface area is 126 Å². The Kier molecular flexibility index (Phi) is 4.27. The summed E-state index contributed by atoms with van der Waals surface area (Å²) in [5.41, 5.74) is 0.940. The van der Waals surface area contributed by atoms with Crippen LogP contribution in [0, 0.1) is 5.92 Å². The fourth-order valence-corrected chi connectivity index (χ4v) is 3.28. The molecule has 0 aromatic carbocycles. The molecule has 1 aliphatic rings. The third-order valence-electron chi connectivity index (χ3n) is 4.33. The highest BCUT2D eigenvalue weighted by Crippen LogP contribution is 2.27. The smallest absolute Gasteiger partial charge is 0.180 e. The molecule has 114 valence electrons. The molecule has 0 saturated heterocycles. The van der Waals surface area contributed by atoms with E-state index in [0.717, 1.165) is 36.3 Å². The van der Waals surface area contributed by atoms with Gasteiger partial charge in [-0.25, -0.2) is 9.97 Å². The summed E-state index contributed by atoms with van der Waals surface area (Å²) in [6.45, 7) is 4.04. The van der Waals surface area contributed by atoms with Crippen molar-refractivity contribution in [1.29, 1.82) is 0 Å². The number of fused-ring (bicyclic) bond motifs is 1. The Morgan fingerprint density at radius 2 is 2.14 bits per heavy atom. The standard InChI is InChI=1S/C16H25N5/c1-3-17-14-12-21-10-9-18-15(21)16(19-14)20(2)11-13-7-5-4-6-8-13/h9-10,12-13,17H,3-8,11H2,1-2H3. The molecule has 1 saturated carbocycles. The summed E-state index contributed by atoms with van der Waals surface area (Å²) in [4.78, 5) is 11.5. The van der Waals surface area contributed by atoms with Crippen LogP contribution in [0.15, 0.2) is 18.6 Å². The van der Waals surface area contributed by atoms with Gasteiger partial charge in [-0.3, -0.25) is 0 Å². The Balaban J connectivity index is 1.84. The third kappa shape index (κ3) is 3.12. The first kappa shape index (κ1) is 14.2. The van der Waals surface area contributed by atoms with Gasteiger partial charge in [-0.1, -0.05) is 19.3 Å². The van der Waals surface area contributed by atoms with Crippen LogP contribution in [0.25, 0.3) is 5.65 Å². The van der Waals surface area contributed by atoms with E-state index in [9.17, 15) is 0 Å². The molecule has 0 amide bonds. The minimum atomic E-state index is 0.795. The summed E-state index contributed by atoms with van der Waals surface area (Å²) in [6, 6.07) is 0. The van der Waals surface area contributed by atoms with Crippen LogP contribution in [0.2, 0.25) is 0 Å². The predicted octanol–water partition coefficient (Wildman–Crippen LogP) is 3.18. The van der Waals surface area contributed by atoms with Gasteiger partial charge in [0.25, 0.3) is 0 Å². The van der Waals surface area contributed by atoms with Gasteiger partial charge in [-0.05, 0) is 25.7 Å². The van der Waals surface area contributed by atoms with Crippen LogP contribution < -0.4 is 10.2 Å². The van der Waals surface area contributed by atoms with Gasteiger partial charge in [0.2, 0.25) is 0 Å². The molecule has 2 aromatic heterocycles. The lowest BCUT2D eigenvalue weighted by atomic mass is 9.89. The van der Waals surface area contributed by atoms with E-state index < -0.39 is 0 Å². The van der Waals surface area contributed by atoms with Gasteiger partial charge in [0.1, 0.15) is 5.82 Å². The number of anilines is 2. The van der Waals surface area contributed by atoms with Gasteiger partial charge in [-0.2, -0.15) is 0 Å². The van der Waals surface area contributed by atoms with Crippen molar-refractivity contribution >= 4 is 17.3 Å². The molecule has 2 heterocycles. The average Bonchev–Trinajstić information content (AvgIpc) is 2.96. The maximum absolute atomic E-state index is 4.76. The zero-order chi connectivity index (χ0) is 14.7. The average molecular weight is 287 g/mol. The van der Waals surface area contributed by atoms with Crippen molar-refractivity contribution in [3.05, 3.63) is 18.6 Å². The molecular formula is C16H25N5. The largest absolute Gasteiger partial charge is 0.369 e. The maximum atomic E-state index is 4.76. The van der Waals surface area contributed by atoms with Crippen molar-refractivity contribution in [2.24, 2.45) is 5.92 Å². The summed E-state index contributed by atoms with van der Waals surface area (Å²) in [6.07, 6.45) is 12.7. The van der Waals surface area contributed by atoms with E-state index in [4.69, 9.17) is 4.98 Å². The highest BCUT2D eigenvalue weighted by molar-refractivity contribution is 5.66. The molecule has 0 spiro atoms. The van der Waals surface area contributed by atoms with Gasteiger partial charge in [0.05, 0.1) is 6.20 Å². The fraction of sp³-hybridized carbons (Fsp3) is 0.625. The van der Waals surface area contributed by atoms with Gasteiger partial charge in [-0.15, -0.1) is 0 Å². The fourth-order valence-electron chi connectivity index (χ4n) is 3.28. The van der Waals surface area contributed by atoms with Crippen molar-refractivity contribution < 1.29 is 0 Å². The topological polar surface area (TPSA) is 45.5 Å². The highest BCUT2D eigenvalue weighted by Gasteiger charge is 2.18. The molecule has 1 fully saturated rings. The highest BCUT2D eigenvalue weighted by atomic mass is 15.2. The zero-order valence-electron chi connectivity index (χ0n) is 13.0. The monoisotopic (exact) mass is 287 g/mol. The Bertz CT molecular complexity index is 585. The molecule has 0 aliphatic heterocycles. The lowest BCUT2D eigenvalue weighted by Gasteiger charge is -2.28. The van der Waals surface area contributed by atoms with E-state index in [1.165, 1.54) is 32.1 Å². The summed E-state index contributed by atoms with van der Waals surface area (Å²) >= 11 is 0. The number of rotatable bonds is 5. The number of hydrogen-bond donors (Lipinski definition) is 1. The van der Waals surface area contributed by atoms with Crippen LogP contribution in [-0.4, -0.2) is 34.5 Å². The zero-order valence-corrected chi connectivity index (χ0v) is 13.0. The quantitative estimate of drug-likeness (QED) is 0.917. The van der Waals surface area contributed by atoms with E-state index in [1.54, 1.807) is 0 Å². The second-order valence-corrected chi connectivity index (χ2v) is 6.02. The normalized spacial score (nSPS) is 16.3. The molecule has 0 bridgehead atoms. The molecule has 0 radical (unpaired) electrons. The maximum Gasteiger partial charge on any atom is 0.180 e. The van der Waals surface area contributed by atoms with E-state index >= 15 is 0 Å². The van der Waals surface area contributed by atoms with Crippen LogP contribution in [-0.2, 0) is 0 Å². The number of imidazole rings is 1. The van der Waals surface area contributed by atoms with Gasteiger partial charge < -0.3 is 14.6 Å². The lowest BCUT2D eigenvalue weighted by Crippen LogP contribution is -2.28. The summed E-state index contributed by atoms with van der Waals surface area (Å²) in [7, 11) is 2.14. The van der Waals surface area contributed by atoms with Gasteiger partial charge in [0.15, 0.2) is 11.5 Å². The first-order valence-electron chi connectivity index (χ1n) is 8.06. The van der Waals surface area contributed by atoms with Crippen LogP contribution >= 0.6 is 0 Å². The van der Waals surface area contributed by atoms with Crippen molar-refractivity contribution in [1.82, 2.24) is 14.4 Å². The van der Waals surface area contributed by atoms with Gasteiger partial charge in [0, 0.05) is 32.5 Å². The Morgan fingerprint density at radius 3 is 2.90 bits per heavy atom. The summed E-state index contributed by atoms with van der Waals surface area (Å²) in [5, 5.41) is 3.30. The molecule has 3 rings (SSSR count). The van der Waals surface area contributed by atoms with Crippen LogP contribution in [0.4, 0.5) is 11.6 Å². The van der Waals surface area contributed by atoms with Crippen molar-refractivity contribution in [2.75, 3.05) is 30.4 Å². The first-order chi connectivity index (χ1) is 10.3. The Morgan fingerprint density at radius 1 is 1.33 bits per heavy atom. The second kappa shape index (κ2) is 6.33. The molecule has 5 nitrogen and oxygen atoms in total. The summed E-state index contributed by atoms with van der Waals surface area (Å²) in [5.74, 6) is 2.68. The molecular weight excluding hydrogens is 262 g/mol. The van der Waals surface area contributed by atoms with Crippen LogP contribution in [0.3, 0.4) is 0 Å². The SMILES string of the molecule is CCNc1cn2ccnc2c(N(C)CC2CCCCC2)n1. The molecule has 0 atom stereocenters. The molecule has 0 unspecified atom stereocenters.